The number of piperazine rings is 1. The highest BCUT2D eigenvalue weighted by atomic mass is 16.3. The van der Waals surface area contributed by atoms with Gasteiger partial charge in [-0.25, -0.2) is 0 Å². The Morgan fingerprint density at radius 2 is 2.27 bits per heavy atom. The van der Waals surface area contributed by atoms with Gasteiger partial charge in [0, 0.05) is 6.54 Å². The Hall–Kier alpha value is -0.940. The van der Waals surface area contributed by atoms with Crippen molar-refractivity contribution in [3.63, 3.8) is 0 Å². The summed E-state index contributed by atoms with van der Waals surface area (Å²) in [6.07, 6.45) is 0.631. The van der Waals surface area contributed by atoms with Crippen LogP contribution in [0.3, 0.4) is 0 Å². The van der Waals surface area contributed by atoms with Gasteiger partial charge in [-0.1, -0.05) is 6.92 Å². The minimum absolute atomic E-state index is 0.172. The second kappa shape index (κ2) is 5.23. The van der Waals surface area contributed by atoms with Gasteiger partial charge in [-0.2, -0.15) is 0 Å². The molecule has 2 amide bonds. The predicted molar refractivity (Wildman–Crippen MR) is 55.1 cm³/mol. The van der Waals surface area contributed by atoms with Gasteiger partial charge in [0.2, 0.25) is 11.8 Å². The van der Waals surface area contributed by atoms with Crippen molar-refractivity contribution >= 4 is 11.8 Å². The van der Waals surface area contributed by atoms with Gasteiger partial charge in [0.1, 0.15) is 0 Å². The highest BCUT2D eigenvalue weighted by Crippen LogP contribution is 2.07. The molecule has 1 aliphatic heterocycles. The molecule has 1 saturated heterocycles. The monoisotopic (exact) mass is 214 g/mol. The molecule has 1 aliphatic rings. The van der Waals surface area contributed by atoms with E-state index in [2.05, 4.69) is 5.32 Å². The van der Waals surface area contributed by atoms with Gasteiger partial charge in [0.05, 0.1) is 18.7 Å². The molecule has 0 spiro atoms. The van der Waals surface area contributed by atoms with Crippen LogP contribution < -0.4 is 5.32 Å². The summed E-state index contributed by atoms with van der Waals surface area (Å²) >= 11 is 0. The summed E-state index contributed by atoms with van der Waals surface area (Å²) in [5.74, 6) is -0.375. The first-order valence-electron chi connectivity index (χ1n) is 5.32. The summed E-state index contributed by atoms with van der Waals surface area (Å²) < 4.78 is 0. The number of aliphatic hydroxyl groups is 1. The average Bonchev–Trinajstić information content (AvgIpc) is 2.17. The Bertz CT molecular complexity index is 253. The summed E-state index contributed by atoms with van der Waals surface area (Å²) in [5, 5.41) is 12.0. The Balaban J connectivity index is 2.58. The molecule has 1 heterocycles. The molecule has 0 radical (unpaired) electrons. The number of nitrogens with zero attached hydrogens (tertiary/aromatic N) is 1. The molecule has 0 aromatic heterocycles. The smallest absolute Gasteiger partial charge is 0.246 e. The van der Waals surface area contributed by atoms with Gasteiger partial charge in [-0.15, -0.1) is 0 Å². The Morgan fingerprint density at radius 1 is 1.60 bits per heavy atom. The highest BCUT2D eigenvalue weighted by Gasteiger charge is 2.32. The molecule has 2 atom stereocenters. The largest absolute Gasteiger partial charge is 0.393 e. The summed E-state index contributed by atoms with van der Waals surface area (Å²) in [4.78, 5) is 24.4. The van der Waals surface area contributed by atoms with Crippen LogP contribution in [0.25, 0.3) is 0 Å². The Morgan fingerprint density at radius 3 is 2.80 bits per heavy atom. The number of rotatable bonds is 4. The van der Waals surface area contributed by atoms with Gasteiger partial charge >= 0.3 is 0 Å². The van der Waals surface area contributed by atoms with Crippen molar-refractivity contribution in [2.45, 2.75) is 38.8 Å². The van der Waals surface area contributed by atoms with E-state index in [1.54, 1.807) is 6.92 Å². The molecule has 1 fully saturated rings. The second-order valence-electron chi connectivity index (χ2n) is 3.86. The van der Waals surface area contributed by atoms with Crippen molar-refractivity contribution in [3.05, 3.63) is 0 Å². The third kappa shape index (κ3) is 3.00. The lowest BCUT2D eigenvalue weighted by Gasteiger charge is -2.31. The molecule has 15 heavy (non-hydrogen) atoms. The number of hydrogen-bond donors (Lipinski definition) is 2. The summed E-state index contributed by atoms with van der Waals surface area (Å²) in [6.45, 7) is 4.07. The van der Waals surface area contributed by atoms with Crippen LogP contribution in [0.1, 0.15) is 26.7 Å². The van der Waals surface area contributed by atoms with Gasteiger partial charge in [0.15, 0.2) is 0 Å². The molecule has 86 valence electrons. The average molecular weight is 214 g/mol. The minimum Gasteiger partial charge on any atom is -0.393 e. The fourth-order valence-electron chi connectivity index (χ4n) is 1.57. The van der Waals surface area contributed by atoms with Crippen LogP contribution in [-0.4, -0.2) is 47.1 Å². The van der Waals surface area contributed by atoms with Crippen molar-refractivity contribution in [1.82, 2.24) is 10.2 Å². The molecule has 0 aromatic carbocycles. The molecule has 5 nitrogen and oxygen atoms in total. The second-order valence-corrected chi connectivity index (χ2v) is 3.86. The van der Waals surface area contributed by atoms with Crippen LogP contribution >= 0.6 is 0 Å². The molecule has 2 unspecified atom stereocenters. The molecular formula is C10H18N2O3. The van der Waals surface area contributed by atoms with Crippen molar-refractivity contribution in [1.29, 1.82) is 0 Å². The first kappa shape index (κ1) is 12.1. The van der Waals surface area contributed by atoms with E-state index in [0.29, 0.717) is 19.4 Å². The maximum absolute atomic E-state index is 11.7. The third-order valence-electron chi connectivity index (χ3n) is 2.54. The lowest BCUT2D eigenvalue weighted by molar-refractivity contribution is -0.149. The summed E-state index contributed by atoms with van der Waals surface area (Å²) in [6, 6.07) is -0.253. The van der Waals surface area contributed by atoms with Gasteiger partial charge in [0.25, 0.3) is 0 Å². The molecule has 0 aromatic rings. The van der Waals surface area contributed by atoms with E-state index in [1.807, 2.05) is 6.92 Å². The zero-order valence-electron chi connectivity index (χ0n) is 9.19. The Kier molecular flexibility index (Phi) is 4.23. The van der Waals surface area contributed by atoms with E-state index in [0.717, 1.165) is 0 Å². The number of carbonyl (C=O) groups excluding carboxylic acids is 2. The maximum Gasteiger partial charge on any atom is 0.246 e. The van der Waals surface area contributed by atoms with E-state index in [4.69, 9.17) is 5.11 Å². The van der Waals surface area contributed by atoms with Crippen LogP contribution in [0.4, 0.5) is 0 Å². The Labute approximate surface area is 89.4 Å². The maximum atomic E-state index is 11.7. The first-order valence-corrected chi connectivity index (χ1v) is 5.32. The number of nitrogens with one attached hydrogen (secondary N) is 1. The first-order chi connectivity index (χ1) is 7.06. The normalized spacial score (nSPS) is 24.5. The number of aliphatic hydroxyl groups excluding tert-OH is 1. The fraction of sp³-hybridized carbons (Fsp3) is 0.800. The lowest BCUT2D eigenvalue weighted by Crippen LogP contribution is -2.58. The van der Waals surface area contributed by atoms with E-state index >= 15 is 0 Å². The molecule has 2 N–H and O–H groups in total. The van der Waals surface area contributed by atoms with Crippen molar-refractivity contribution < 1.29 is 14.7 Å². The molecule has 5 heteroatoms. The van der Waals surface area contributed by atoms with Crippen LogP contribution in [-0.2, 0) is 9.59 Å². The van der Waals surface area contributed by atoms with Crippen LogP contribution in [0.5, 0.6) is 0 Å². The van der Waals surface area contributed by atoms with Crippen molar-refractivity contribution in [3.8, 4) is 0 Å². The SMILES string of the molecule is CCC1NCC(=O)N(CCC(C)O)C1=O. The molecule has 0 aliphatic carbocycles. The van der Waals surface area contributed by atoms with Crippen molar-refractivity contribution in [2.24, 2.45) is 0 Å². The predicted octanol–water partition coefficient (Wildman–Crippen LogP) is -0.506. The van der Waals surface area contributed by atoms with E-state index < -0.39 is 6.10 Å². The third-order valence-corrected chi connectivity index (χ3v) is 2.54. The van der Waals surface area contributed by atoms with Crippen LogP contribution in [0, 0.1) is 0 Å². The quantitative estimate of drug-likeness (QED) is 0.619. The lowest BCUT2D eigenvalue weighted by atomic mass is 10.1. The fourth-order valence-corrected chi connectivity index (χ4v) is 1.57. The number of amides is 2. The highest BCUT2D eigenvalue weighted by molar-refractivity contribution is 6.01. The van der Waals surface area contributed by atoms with E-state index in [1.165, 1.54) is 4.90 Å². The topological polar surface area (TPSA) is 69.6 Å². The van der Waals surface area contributed by atoms with Crippen LogP contribution in [0.2, 0.25) is 0 Å². The standard InChI is InChI=1S/C10H18N2O3/c1-3-8-10(15)12(5-4-7(2)13)9(14)6-11-8/h7-8,11,13H,3-6H2,1-2H3. The summed E-state index contributed by atoms with van der Waals surface area (Å²) in [7, 11) is 0. The molecule has 0 saturated carbocycles. The zero-order valence-corrected chi connectivity index (χ0v) is 9.19. The van der Waals surface area contributed by atoms with E-state index in [-0.39, 0.29) is 24.4 Å². The minimum atomic E-state index is -0.486. The number of hydrogen-bond acceptors (Lipinski definition) is 4. The molecule has 1 rings (SSSR count). The van der Waals surface area contributed by atoms with Crippen molar-refractivity contribution in [2.75, 3.05) is 13.1 Å². The van der Waals surface area contributed by atoms with Gasteiger partial charge < -0.3 is 5.11 Å². The summed E-state index contributed by atoms with van der Waals surface area (Å²) in [5.41, 5.74) is 0. The van der Waals surface area contributed by atoms with Crippen LogP contribution in [0.15, 0.2) is 0 Å². The number of imide groups is 1. The molecular weight excluding hydrogens is 196 g/mol. The zero-order chi connectivity index (χ0) is 11.4. The molecule has 0 bridgehead atoms. The van der Waals surface area contributed by atoms with E-state index in [9.17, 15) is 9.59 Å². The van der Waals surface area contributed by atoms with Gasteiger partial charge in [-0.05, 0) is 19.8 Å². The van der Waals surface area contributed by atoms with Gasteiger partial charge in [-0.3, -0.25) is 19.8 Å². The number of carbonyl (C=O) groups is 2.